The monoisotopic (exact) mass is 407 g/mol. The molecule has 0 saturated carbocycles. The zero-order valence-electron chi connectivity index (χ0n) is 16.1. The van der Waals surface area contributed by atoms with Crippen LogP contribution in [-0.2, 0) is 19.7 Å². The number of ether oxygens (including phenoxy) is 2. The topological polar surface area (TPSA) is 59.2 Å². The molecule has 0 saturated heterocycles. The fourth-order valence-electron chi connectivity index (χ4n) is 3.16. The van der Waals surface area contributed by atoms with Crippen molar-refractivity contribution in [2.45, 2.75) is 19.7 Å². The van der Waals surface area contributed by atoms with E-state index in [4.69, 9.17) is 21.1 Å². The van der Waals surface area contributed by atoms with Crippen molar-refractivity contribution in [2.24, 2.45) is 0 Å². The van der Waals surface area contributed by atoms with E-state index in [1.165, 1.54) is 0 Å². The van der Waals surface area contributed by atoms with Gasteiger partial charge < -0.3 is 19.8 Å². The van der Waals surface area contributed by atoms with Crippen molar-refractivity contribution in [2.75, 3.05) is 7.11 Å². The summed E-state index contributed by atoms with van der Waals surface area (Å²) in [5, 5.41) is 3.91. The third kappa shape index (κ3) is 4.70. The fraction of sp³-hybridized carbons (Fsp3) is 0.174. The molecule has 1 aromatic heterocycles. The second kappa shape index (κ2) is 8.99. The summed E-state index contributed by atoms with van der Waals surface area (Å²) in [4.78, 5) is 7.89. The number of benzene rings is 3. The van der Waals surface area contributed by atoms with E-state index in [-0.39, 0.29) is 0 Å². The summed E-state index contributed by atoms with van der Waals surface area (Å²) in [5.74, 6) is 2.07. The van der Waals surface area contributed by atoms with Crippen LogP contribution in [0.2, 0.25) is 5.02 Å². The Labute approximate surface area is 174 Å². The van der Waals surface area contributed by atoms with Crippen molar-refractivity contribution in [3.63, 3.8) is 0 Å². The van der Waals surface area contributed by atoms with Gasteiger partial charge in [0, 0.05) is 6.54 Å². The largest absolute Gasteiger partial charge is 0.493 e. The molecule has 4 aromatic rings. The fourth-order valence-corrected chi connectivity index (χ4v) is 3.45. The zero-order valence-corrected chi connectivity index (χ0v) is 16.9. The van der Waals surface area contributed by atoms with Crippen LogP contribution in [0.3, 0.4) is 0 Å². The summed E-state index contributed by atoms with van der Waals surface area (Å²) in [6, 6.07) is 21.8. The summed E-state index contributed by atoms with van der Waals surface area (Å²) in [7, 11) is 1.62. The van der Waals surface area contributed by atoms with E-state index in [0.717, 1.165) is 28.0 Å². The molecule has 0 spiro atoms. The molecular formula is C23H22ClN3O2. The SMILES string of the molecule is COc1cc(CNCc2nc3ccccc3[nH]2)cc(Cl)c1OCc1ccccc1. The smallest absolute Gasteiger partial charge is 0.180 e. The average Bonchev–Trinajstić information content (AvgIpc) is 3.16. The highest BCUT2D eigenvalue weighted by molar-refractivity contribution is 6.32. The molecule has 0 aliphatic rings. The van der Waals surface area contributed by atoms with Gasteiger partial charge in [0.25, 0.3) is 0 Å². The van der Waals surface area contributed by atoms with Crippen LogP contribution in [0.15, 0.2) is 66.7 Å². The predicted octanol–water partition coefficient (Wildman–Crippen LogP) is 5.09. The van der Waals surface area contributed by atoms with E-state index in [2.05, 4.69) is 15.3 Å². The van der Waals surface area contributed by atoms with Gasteiger partial charge in [0.2, 0.25) is 0 Å². The Bertz CT molecular complexity index is 1060. The van der Waals surface area contributed by atoms with Crippen LogP contribution in [-0.4, -0.2) is 17.1 Å². The maximum atomic E-state index is 6.48. The third-order valence-electron chi connectivity index (χ3n) is 4.58. The normalized spacial score (nSPS) is 11.0. The van der Waals surface area contributed by atoms with Gasteiger partial charge in [0.05, 0.1) is 29.7 Å². The second-order valence-corrected chi connectivity index (χ2v) is 7.09. The number of rotatable bonds is 8. The van der Waals surface area contributed by atoms with Crippen molar-refractivity contribution in [3.8, 4) is 11.5 Å². The molecule has 4 rings (SSSR count). The quantitative estimate of drug-likeness (QED) is 0.427. The minimum Gasteiger partial charge on any atom is -0.493 e. The molecule has 3 aromatic carbocycles. The molecule has 0 amide bonds. The number of halogens is 1. The number of fused-ring (bicyclic) bond motifs is 1. The lowest BCUT2D eigenvalue weighted by Crippen LogP contribution is -2.14. The number of para-hydroxylation sites is 2. The Hall–Kier alpha value is -3.02. The van der Waals surface area contributed by atoms with Crippen LogP contribution in [0.25, 0.3) is 11.0 Å². The lowest BCUT2D eigenvalue weighted by Gasteiger charge is -2.14. The molecule has 0 atom stereocenters. The number of nitrogens with one attached hydrogen (secondary N) is 2. The number of nitrogens with zero attached hydrogens (tertiary/aromatic N) is 1. The van der Waals surface area contributed by atoms with Crippen LogP contribution in [0.4, 0.5) is 0 Å². The van der Waals surface area contributed by atoms with Crippen molar-refractivity contribution in [1.82, 2.24) is 15.3 Å². The number of hydrogen-bond donors (Lipinski definition) is 2. The Balaban J connectivity index is 1.40. The lowest BCUT2D eigenvalue weighted by atomic mass is 10.2. The molecule has 1 heterocycles. The summed E-state index contributed by atoms with van der Waals surface area (Å²) in [6.45, 7) is 1.69. The Kier molecular flexibility index (Phi) is 5.98. The van der Waals surface area contributed by atoms with Gasteiger partial charge in [-0.15, -0.1) is 0 Å². The van der Waals surface area contributed by atoms with Crippen LogP contribution >= 0.6 is 11.6 Å². The van der Waals surface area contributed by atoms with Crippen molar-refractivity contribution in [1.29, 1.82) is 0 Å². The molecule has 0 bridgehead atoms. The highest BCUT2D eigenvalue weighted by atomic mass is 35.5. The first-order chi connectivity index (χ1) is 14.2. The first-order valence-corrected chi connectivity index (χ1v) is 9.78. The standard InChI is InChI=1S/C23H22ClN3O2/c1-28-21-12-17(11-18(24)23(21)29-15-16-7-3-2-4-8-16)13-25-14-22-26-19-9-5-6-10-20(19)27-22/h2-12,25H,13-15H2,1H3,(H,26,27). The molecule has 6 heteroatoms. The molecule has 29 heavy (non-hydrogen) atoms. The Morgan fingerprint density at radius 3 is 2.55 bits per heavy atom. The number of aromatic amines is 1. The van der Waals surface area contributed by atoms with E-state index in [0.29, 0.717) is 36.2 Å². The van der Waals surface area contributed by atoms with Crippen molar-refractivity contribution >= 4 is 22.6 Å². The van der Waals surface area contributed by atoms with Crippen LogP contribution in [0.1, 0.15) is 17.0 Å². The molecule has 0 unspecified atom stereocenters. The predicted molar refractivity (Wildman–Crippen MR) is 115 cm³/mol. The van der Waals surface area contributed by atoms with E-state index >= 15 is 0 Å². The Morgan fingerprint density at radius 2 is 1.76 bits per heavy atom. The minimum absolute atomic E-state index is 0.431. The molecule has 0 aliphatic carbocycles. The maximum Gasteiger partial charge on any atom is 0.180 e. The van der Waals surface area contributed by atoms with Gasteiger partial charge in [-0.2, -0.15) is 0 Å². The van der Waals surface area contributed by atoms with E-state index in [9.17, 15) is 0 Å². The van der Waals surface area contributed by atoms with E-state index in [1.807, 2.05) is 66.7 Å². The highest BCUT2D eigenvalue weighted by Gasteiger charge is 2.12. The first-order valence-electron chi connectivity index (χ1n) is 9.40. The summed E-state index contributed by atoms with van der Waals surface area (Å²) in [6.07, 6.45) is 0. The molecule has 0 fully saturated rings. The first kappa shape index (κ1) is 19.3. The average molecular weight is 408 g/mol. The molecular weight excluding hydrogens is 386 g/mol. The third-order valence-corrected chi connectivity index (χ3v) is 4.86. The molecule has 2 N–H and O–H groups in total. The van der Waals surface area contributed by atoms with Gasteiger partial charge in [-0.1, -0.05) is 54.1 Å². The molecule has 5 nitrogen and oxygen atoms in total. The van der Waals surface area contributed by atoms with Gasteiger partial charge in [0.1, 0.15) is 12.4 Å². The minimum atomic E-state index is 0.431. The summed E-state index contributed by atoms with van der Waals surface area (Å²) in [5.41, 5.74) is 4.08. The van der Waals surface area contributed by atoms with Crippen molar-refractivity contribution < 1.29 is 9.47 Å². The van der Waals surface area contributed by atoms with Gasteiger partial charge in [0.15, 0.2) is 11.5 Å². The number of methoxy groups -OCH3 is 1. The molecule has 148 valence electrons. The Morgan fingerprint density at radius 1 is 0.966 bits per heavy atom. The van der Waals surface area contributed by atoms with E-state index in [1.54, 1.807) is 7.11 Å². The van der Waals surface area contributed by atoms with Gasteiger partial charge in [-0.25, -0.2) is 4.98 Å². The number of hydrogen-bond acceptors (Lipinski definition) is 4. The van der Waals surface area contributed by atoms with Gasteiger partial charge in [-0.05, 0) is 35.4 Å². The van der Waals surface area contributed by atoms with Gasteiger partial charge >= 0.3 is 0 Å². The van der Waals surface area contributed by atoms with Gasteiger partial charge in [-0.3, -0.25) is 0 Å². The summed E-state index contributed by atoms with van der Waals surface area (Å²) < 4.78 is 11.4. The molecule has 0 radical (unpaired) electrons. The highest BCUT2D eigenvalue weighted by Crippen LogP contribution is 2.37. The second-order valence-electron chi connectivity index (χ2n) is 6.69. The maximum absolute atomic E-state index is 6.48. The van der Waals surface area contributed by atoms with Crippen LogP contribution in [0.5, 0.6) is 11.5 Å². The van der Waals surface area contributed by atoms with E-state index < -0.39 is 0 Å². The zero-order chi connectivity index (χ0) is 20.1. The number of aromatic nitrogens is 2. The molecule has 0 aliphatic heterocycles. The number of H-pyrrole nitrogens is 1. The summed E-state index contributed by atoms with van der Waals surface area (Å²) >= 11 is 6.48. The van der Waals surface area contributed by atoms with Crippen LogP contribution in [0, 0.1) is 0 Å². The van der Waals surface area contributed by atoms with Crippen molar-refractivity contribution in [3.05, 3.63) is 88.7 Å². The number of imidazole rings is 1. The lowest BCUT2D eigenvalue weighted by molar-refractivity contribution is 0.284. The van der Waals surface area contributed by atoms with Crippen LogP contribution < -0.4 is 14.8 Å².